The fourth-order valence-electron chi connectivity index (χ4n) is 4.33. The number of methoxy groups -OCH3 is 1. The summed E-state index contributed by atoms with van der Waals surface area (Å²) >= 11 is 0. The fraction of sp³-hybridized carbons (Fsp3) is 0.308. The molecule has 1 unspecified atom stereocenters. The van der Waals surface area contributed by atoms with Crippen molar-refractivity contribution in [1.82, 2.24) is 10.2 Å². The van der Waals surface area contributed by atoms with E-state index in [0.717, 1.165) is 22.9 Å². The maximum absolute atomic E-state index is 13.3. The Labute approximate surface area is 195 Å². The van der Waals surface area contributed by atoms with Crippen molar-refractivity contribution in [3.8, 4) is 5.75 Å². The number of hydrogen-bond donors (Lipinski definition) is 1. The van der Waals surface area contributed by atoms with Crippen LogP contribution < -0.4 is 10.1 Å². The highest BCUT2D eigenvalue weighted by Crippen LogP contribution is 2.31. The summed E-state index contributed by atoms with van der Waals surface area (Å²) in [7, 11) is 1.59. The average molecular weight is 470 g/mol. The van der Waals surface area contributed by atoms with Crippen molar-refractivity contribution in [3.05, 3.63) is 77.4 Å². The summed E-state index contributed by atoms with van der Waals surface area (Å²) in [6.07, 6.45) is -3.06. The van der Waals surface area contributed by atoms with Crippen LogP contribution in [-0.2, 0) is 17.5 Å². The molecule has 1 N–H and O–H groups in total. The SMILES string of the molecule is COc1ccc(C(=O)N2CCCC(C(=O)NCc3ccc(C(F)(F)F)cc3)C2)c2ccccc12. The van der Waals surface area contributed by atoms with Crippen LogP contribution in [0.5, 0.6) is 5.75 Å². The highest BCUT2D eigenvalue weighted by molar-refractivity contribution is 6.08. The van der Waals surface area contributed by atoms with Crippen molar-refractivity contribution >= 4 is 22.6 Å². The number of ether oxygens (including phenoxy) is 1. The van der Waals surface area contributed by atoms with E-state index in [1.54, 1.807) is 24.1 Å². The maximum Gasteiger partial charge on any atom is 0.416 e. The summed E-state index contributed by atoms with van der Waals surface area (Å²) < 4.78 is 43.6. The van der Waals surface area contributed by atoms with Gasteiger partial charge in [-0.15, -0.1) is 0 Å². The number of hydrogen-bond acceptors (Lipinski definition) is 3. The van der Waals surface area contributed by atoms with Gasteiger partial charge in [-0.05, 0) is 48.1 Å². The first-order valence-electron chi connectivity index (χ1n) is 11.1. The molecule has 1 aliphatic heterocycles. The number of carbonyl (C=O) groups is 2. The lowest BCUT2D eigenvalue weighted by Gasteiger charge is -2.32. The highest BCUT2D eigenvalue weighted by atomic mass is 19.4. The second-order valence-electron chi connectivity index (χ2n) is 8.36. The molecule has 1 fully saturated rings. The highest BCUT2D eigenvalue weighted by Gasteiger charge is 2.31. The van der Waals surface area contributed by atoms with Crippen LogP contribution in [-0.4, -0.2) is 36.9 Å². The van der Waals surface area contributed by atoms with Gasteiger partial charge in [0.2, 0.25) is 5.91 Å². The van der Waals surface area contributed by atoms with Crippen molar-refractivity contribution in [1.29, 1.82) is 0 Å². The molecule has 3 aromatic rings. The number of nitrogens with zero attached hydrogens (tertiary/aromatic N) is 1. The zero-order valence-corrected chi connectivity index (χ0v) is 18.7. The van der Waals surface area contributed by atoms with Gasteiger partial charge >= 0.3 is 6.18 Å². The lowest BCUT2D eigenvalue weighted by Crippen LogP contribution is -2.45. The van der Waals surface area contributed by atoms with E-state index in [-0.39, 0.29) is 30.8 Å². The van der Waals surface area contributed by atoms with E-state index >= 15 is 0 Å². The van der Waals surface area contributed by atoms with E-state index in [0.29, 0.717) is 36.3 Å². The minimum atomic E-state index is -4.39. The quantitative estimate of drug-likeness (QED) is 0.569. The monoisotopic (exact) mass is 470 g/mol. The molecule has 1 aliphatic rings. The molecule has 0 radical (unpaired) electrons. The molecular formula is C26H25F3N2O3. The predicted molar refractivity (Wildman–Crippen MR) is 122 cm³/mol. The van der Waals surface area contributed by atoms with Gasteiger partial charge < -0.3 is 15.0 Å². The number of amides is 2. The number of alkyl halides is 3. The summed E-state index contributed by atoms with van der Waals surface area (Å²) in [4.78, 5) is 27.8. The zero-order valence-electron chi connectivity index (χ0n) is 18.7. The van der Waals surface area contributed by atoms with E-state index in [1.165, 1.54) is 12.1 Å². The number of rotatable bonds is 5. The molecule has 4 rings (SSSR count). The Balaban J connectivity index is 1.42. The van der Waals surface area contributed by atoms with Gasteiger partial charge in [0.25, 0.3) is 5.91 Å². The standard InChI is InChI=1S/C26H25F3N2O3/c1-34-23-13-12-22(20-6-2-3-7-21(20)23)25(33)31-14-4-5-18(16-31)24(32)30-15-17-8-10-19(11-9-17)26(27,28)29/h2-3,6-13,18H,4-5,14-16H2,1H3,(H,30,32). The van der Waals surface area contributed by atoms with Crippen molar-refractivity contribution in [2.45, 2.75) is 25.6 Å². The summed E-state index contributed by atoms with van der Waals surface area (Å²) in [5.74, 6) is -0.0425. The summed E-state index contributed by atoms with van der Waals surface area (Å²) in [6.45, 7) is 0.977. The van der Waals surface area contributed by atoms with Gasteiger partial charge in [-0.25, -0.2) is 0 Å². The second kappa shape index (κ2) is 9.75. The first kappa shape index (κ1) is 23.6. The minimum Gasteiger partial charge on any atom is -0.496 e. The van der Waals surface area contributed by atoms with E-state index in [2.05, 4.69) is 5.32 Å². The Morgan fingerprint density at radius 3 is 2.41 bits per heavy atom. The fourth-order valence-corrected chi connectivity index (χ4v) is 4.33. The smallest absolute Gasteiger partial charge is 0.416 e. The molecule has 0 bridgehead atoms. The van der Waals surface area contributed by atoms with E-state index < -0.39 is 11.7 Å². The minimum absolute atomic E-state index is 0.129. The molecule has 3 aromatic carbocycles. The lowest BCUT2D eigenvalue weighted by molar-refractivity contribution is -0.137. The Bertz CT molecular complexity index is 1190. The molecule has 1 atom stereocenters. The lowest BCUT2D eigenvalue weighted by atomic mass is 9.95. The third kappa shape index (κ3) is 5.00. The van der Waals surface area contributed by atoms with Gasteiger partial charge in [-0.1, -0.05) is 36.4 Å². The largest absolute Gasteiger partial charge is 0.496 e. The van der Waals surface area contributed by atoms with Crippen LogP contribution in [0, 0.1) is 5.92 Å². The number of nitrogens with one attached hydrogen (secondary N) is 1. The summed E-state index contributed by atoms with van der Waals surface area (Å²) in [5, 5.41) is 4.43. The average Bonchev–Trinajstić information content (AvgIpc) is 2.86. The van der Waals surface area contributed by atoms with Crippen molar-refractivity contribution in [2.24, 2.45) is 5.92 Å². The molecule has 8 heteroatoms. The van der Waals surface area contributed by atoms with Gasteiger partial charge in [0, 0.05) is 30.6 Å². The van der Waals surface area contributed by atoms with Gasteiger partial charge in [0.05, 0.1) is 18.6 Å². The van der Waals surface area contributed by atoms with Crippen molar-refractivity contribution in [3.63, 3.8) is 0 Å². The van der Waals surface area contributed by atoms with Crippen LogP contribution in [0.3, 0.4) is 0 Å². The van der Waals surface area contributed by atoms with Crippen LogP contribution in [0.15, 0.2) is 60.7 Å². The van der Waals surface area contributed by atoms with Crippen LogP contribution in [0.1, 0.15) is 34.3 Å². The molecule has 5 nitrogen and oxygen atoms in total. The van der Waals surface area contributed by atoms with Crippen molar-refractivity contribution in [2.75, 3.05) is 20.2 Å². The Kier molecular flexibility index (Phi) is 6.77. The molecule has 0 saturated carbocycles. The molecule has 0 aromatic heterocycles. The van der Waals surface area contributed by atoms with Gasteiger partial charge in [-0.3, -0.25) is 9.59 Å². The molecule has 1 saturated heterocycles. The molecular weight excluding hydrogens is 445 g/mol. The molecule has 178 valence electrons. The molecule has 0 aliphatic carbocycles. The van der Waals surface area contributed by atoms with Gasteiger partial charge in [0.1, 0.15) is 5.75 Å². The van der Waals surface area contributed by atoms with Crippen LogP contribution in [0.25, 0.3) is 10.8 Å². The summed E-state index contributed by atoms with van der Waals surface area (Å²) in [6, 6.07) is 15.8. The van der Waals surface area contributed by atoms with Crippen LogP contribution in [0.2, 0.25) is 0 Å². The first-order chi connectivity index (χ1) is 16.3. The van der Waals surface area contributed by atoms with E-state index in [4.69, 9.17) is 4.74 Å². The first-order valence-corrected chi connectivity index (χ1v) is 11.1. The molecule has 1 heterocycles. The number of piperidine rings is 1. The number of benzene rings is 3. The maximum atomic E-state index is 13.3. The normalized spacial score (nSPS) is 16.4. The Morgan fingerprint density at radius 1 is 1.03 bits per heavy atom. The van der Waals surface area contributed by atoms with E-state index in [1.807, 2.05) is 24.3 Å². The van der Waals surface area contributed by atoms with Gasteiger partial charge in [0.15, 0.2) is 0 Å². The molecule has 34 heavy (non-hydrogen) atoms. The third-order valence-electron chi connectivity index (χ3n) is 6.16. The van der Waals surface area contributed by atoms with Crippen LogP contribution in [0.4, 0.5) is 13.2 Å². The number of carbonyl (C=O) groups excluding carboxylic acids is 2. The van der Waals surface area contributed by atoms with Crippen molar-refractivity contribution < 1.29 is 27.5 Å². The number of halogens is 3. The Hall–Kier alpha value is -3.55. The molecule has 0 spiro atoms. The second-order valence-corrected chi connectivity index (χ2v) is 8.36. The predicted octanol–water partition coefficient (Wildman–Crippen LogP) is 5.04. The van der Waals surface area contributed by atoms with Crippen LogP contribution >= 0.6 is 0 Å². The number of likely N-dealkylation sites (tertiary alicyclic amines) is 1. The molecule has 2 amide bonds. The van der Waals surface area contributed by atoms with E-state index in [9.17, 15) is 22.8 Å². The summed E-state index contributed by atoms with van der Waals surface area (Å²) in [5.41, 5.74) is 0.409. The topological polar surface area (TPSA) is 58.6 Å². The van der Waals surface area contributed by atoms with Gasteiger partial charge in [-0.2, -0.15) is 13.2 Å². The zero-order chi connectivity index (χ0) is 24.3. The third-order valence-corrected chi connectivity index (χ3v) is 6.16. The number of fused-ring (bicyclic) bond motifs is 1. The Morgan fingerprint density at radius 2 is 1.74 bits per heavy atom.